The number of pyridine rings is 2. The number of fused-ring (bicyclic) bond motifs is 1. The van der Waals surface area contributed by atoms with Crippen molar-refractivity contribution in [3.63, 3.8) is 0 Å². The first kappa shape index (κ1) is 19.4. The minimum atomic E-state index is -2.78. The number of imidazole rings is 1. The van der Waals surface area contributed by atoms with Gasteiger partial charge in [0.25, 0.3) is 12.3 Å². The Morgan fingerprint density at radius 2 is 2.17 bits per heavy atom. The number of aliphatic hydroxyl groups excluding tert-OH is 1. The topological polar surface area (TPSA) is 98.0 Å². The van der Waals surface area contributed by atoms with E-state index in [1.807, 2.05) is 0 Å². The van der Waals surface area contributed by atoms with Crippen molar-refractivity contribution in [1.29, 1.82) is 0 Å². The zero-order chi connectivity index (χ0) is 20.4. The Labute approximate surface area is 164 Å². The summed E-state index contributed by atoms with van der Waals surface area (Å²) < 4.78 is 38.4. The Morgan fingerprint density at radius 3 is 2.90 bits per heavy atom. The average Bonchev–Trinajstić information content (AvgIpc) is 3.16. The van der Waals surface area contributed by atoms with Gasteiger partial charge in [0.1, 0.15) is 23.1 Å². The van der Waals surface area contributed by atoms with Gasteiger partial charge in [-0.2, -0.15) is 0 Å². The van der Waals surface area contributed by atoms with Crippen molar-refractivity contribution in [2.75, 3.05) is 25.1 Å². The summed E-state index contributed by atoms with van der Waals surface area (Å²) in [7, 11) is 0. The molecule has 0 bridgehead atoms. The molecule has 8 nitrogen and oxygen atoms in total. The lowest BCUT2D eigenvalue weighted by Gasteiger charge is -2.20. The molecule has 0 radical (unpaired) electrons. The third-order valence-electron chi connectivity index (χ3n) is 4.49. The quantitative estimate of drug-likeness (QED) is 0.678. The van der Waals surface area contributed by atoms with Crippen LogP contribution >= 0.6 is 0 Å². The van der Waals surface area contributed by atoms with Gasteiger partial charge in [-0.3, -0.25) is 4.79 Å². The molecular weight excluding hydrogens is 386 g/mol. The van der Waals surface area contributed by atoms with Crippen molar-refractivity contribution in [1.82, 2.24) is 14.4 Å². The number of ether oxygens (including phenoxy) is 2. The van der Waals surface area contributed by atoms with Gasteiger partial charge in [-0.15, -0.1) is 0 Å². The van der Waals surface area contributed by atoms with Gasteiger partial charge in [-0.25, -0.2) is 18.7 Å². The third kappa shape index (κ3) is 4.09. The van der Waals surface area contributed by atoms with Crippen LogP contribution in [0, 0.1) is 0 Å². The van der Waals surface area contributed by atoms with E-state index in [1.165, 1.54) is 12.1 Å². The predicted octanol–water partition coefficient (Wildman–Crippen LogP) is 2.50. The van der Waals surface area contributed by atoms with Gasteiger partial charge in [0.2, 0.25) is 0 Å². The molecule has 1 saturated heterocycles. The molecular formula is C19H18F2N4O4. The zero-order valence-corrected chi connectivity index (χ0v) is 15.2. The van der Waals surface area contributed by atoms with Crippen molar-refractivity contribution in [2.24, 2.45) is 0 Å². The summed E-state index contributed by atoms with van der Waals surface area (Å²) in [6.07, 6.45) is 0.278. The van der Waals surface area contributed by atoms with Crippen LogP contribution in [0.4, 0.5) is 14.5 Å². The normalized spacial score (nSPS) is 17.0. The van der Waals surface area contributed by atoms with Gasteiger partial charge in [0.15, 0.2) is 0 Å². The summed E-state index contributed by atoms with van der Waals surface area (Å²) in [5.41, 5.74) is 1.35. The van der Waals surface area contributed by atoms with Crippen LogP contribution in [0.5, 0.6) is 0 Å². The van der Waals surface area contributed by atoms with E-state index in [-0.39, 0.29) is 18.4 Å². The van der Waals surface area contributed by atoms with Gasteiger partial charge < -0.3 is 24.3 Å². The Balaban J connectivity index is 1.62. The van der Waals surface area contributed by atoms with Crippen LogP contribution in [-0.2, 0) is 16.1 Å². The smallest absolute Gasteiger partial charge is 0.280 e. The maximum atomic E-state index is 12.8. The van der Waals surface area contributed by atoms with Crippen LogP contribution in [0.3, 0.4) is 0 Å². The van der Waals surface area contributed by atoms with E-state index in [9.17, 15) is 18.7 Å². The fraction of sp³-hybridized carbons (Fsp3) is 0.316. The van der Waals surface area contributed by atoms with Crippen LogP contribution in [-0.4, -0.2) is 45.2 Å². The highest BCUT2D eigenvalue weighted by Gasteiger charge is 2.21. The standard InChI is InChI=1S/C19H18F2N4O4/c20-18(21)12-2-1-3-13(22-12)19(27)24-14-7-25-8-15(16-10-28-4-5-29-16)23-17(25)6-11(14)9-26/h1-3,6-8,16,18,26H,4-5,9-10H2,(H,24,27). The van der Waals surface area contributed by atoms with Gasteiger partial charge in [-0.05, 0) is 18.2 Å². The molecule has 152 valence electrons. The SMILES string of the molecule is O=C(Nc1cn2cc(C3COCCO3)nc2cc1CO)c1cccc(C(F)F)n1. The van der Waals surface area contributed by atoms with Crippen LogP contribution in [0.15, 0.2) is 36.7 Å². The predicted molar refractivity (Wildman–Crippen MR) is 97.8 cm³/mol. The van der Waals surface area contributed by atoms with E-state index in [4.69, 9.17) is 9.47 Å². The van der Waals surface area contributed by atoms with E-state index in [0.717, 1.165) is 6.07 Å². The number of carbonyl (C=O) groups is 1. The highest BCUT2D eigenvalue weighted by molar-refractivity contribution is 6.03. The second-order valence-corrected chi connectivity index (χ2v) is 6.44. The number of nitrogens with one attached hydrogen (secondary N) is 1. The van der Waals surface area contributed by atoms with Crippen molar-refractivity contribution in [3.05, 3.63) is 59.3 Å². The molecule has 1 unspecified atom stereocenters. The zero-order valence-electron chi connectivity index (χ0n) is 15.2. The van der Waals surface area contributed by atoms with Crippen molar-refractivity contribution < 1.29 is 28.2 Å². The summed E-state index contributed by atoms with van der Waals surface area (Å²) in [5.74, 6) is -0.661. The monoisotopic (exact) mass is 404 g/mol. The van der Waals surface area contributed by atoms with Crippen molar-refractivity contribution in [2.45, 2.75) is 19.1 Å². The third-order valence-corrected chi connectivity index (χ3v) is 4.49. The molecule has 4 heterocycles. The first-order valence-electron chi connectivity index (χ1n) is 8.93. The summed E-state index contributed by atoms with van der Waals surface area (Å²) in [5, 5.41) is 12.3. The Bertz CT molecular complexity index is 1030. The average molecular weight is 404 g/mol. The lowest BCUT2D eigenvalue weighted by molar-refractivity contribution is -0.0916. The Hall–Kier alpha value is -2.95. The molecule has 1 fully saturated rings. The largest absolute Gasteiger partial charge is 0.392 e. The molecule has 10 heteroatoms. The van der Waals surface area contributed by atoms with Crippen molar-refractivity contribution >= 4 is 17.2 Å². The minimum Gasteiger partial charge on any atom is -0.392 e. The van der Waals surface area contributed by atoms with Crippen molar-refractivity contribution in [3.8, 4) is 0 Å². The second kappa shape index (κ2) is 8.19. The number of aliphatic hydroxyl groups is 1. The van der Waals surface area contributed by atoms with Gasteiger partial charge in [-0.1, -0.05) is 6.07 Å². The van der Waals surface area contributed by atoms with Gasteiger partial charge in [0, 0.05) is 18.0 Å². The molecule has 0 spiro atoms. The van der Waals surface area contributed by atoms with E-state index >= 15 is 0 Å². The Kier molecular flexibility index (Phi) is 5.47. The second-order valence-electron chi connectivity index (χ2n) is 6.44. The van der Waals surface area contributed by atoms with Crippen LogP contribution in [0.2, 0.25) is 0 Å². The Morgan fingerprint density at radius 1 is 1.31 bits per heavy atom. The fourth-order valence-corrected chi connectivity index (χ4v) is 3.04. The number of nitrogens with zero attached hydrogens (tertiary/aromatic N) is 3. The molecule has 3 aromatic heterocycles. The summed E-state index contributed by atoms with van der Waals surface area (Å²) >= 11 is 0. The number of alkyl halides is 2. The molecule has 1 aliphatic heterocycles. The maximum absolute atomic E-state index is 12.8. The molecule has 1 atom stereocenters. The number of amides is 1. The molecule has 0 aromatic carbocycles. The molecule has 1 amide bonds. The van der Waals surface area contributed by atoms with Crippen LogP contribution in [0.25, 0.3) is 5.65 Å². The fourth-order valence-electron chi connectivity index (χ4n) is 3.04. The number of aromatic nitrogens is 3. The van der Waals surface area contributed by atoms with Gasteiger partial charge >= 0.3 is 0 Å². The van der Waals surface area contributed by atoms with E-state index in [0.29, 0.717) is 42.4 Å². The summed E-state index contributed by atoms with van der Waals surface area (Å²) in [6, 6.07) is 5.46. The number of carbonyl (C=O) groups excluding carboxylic acids is 1. The highest BCUT2D eigenvalue weighted by Crippen LogP contribution is 2.24. The lowest BCUT2D eigenvalue weighted by Crippen LogP contribution is -2.22. The lowest BCUT2D eigenvalue weighted by atomic mass is 10.2. The van der Waals surface area contributed by atoms with Crippen LogP contribution < -0.4 is 5.32 Å². The maximum Gasteiger partial charge on any atom is 0.280 e. The minimum absolute atomic E-state index is 0.147. The molecule has 2 N–H and O–H groups in total. The number of rotatable bonds is 5. The number of hydrogen-bond donors (Lipinski definition) is 2. The van der Waals surface area contributed by atoms with Crippen LogP contribution in [0.1, 0.15) is 40.0 Å². The van der Waals surface area contributed by atoms with Gasteiger partial charge in [0.05, 0.1) is 37.8 Å². The number of hydrogen-bond acceptors (Lipinski definition) is 6. The first-order chi connectivity index (χ1) is 14.0. The molecule has 4 rings (SSSR count). The summed E-state index contributed by atoms with van der Waals surface area (Å²) in [4.78, 5) is 20.7. The number of halogens is 2. The molecule has 0 saturated carbocycles. The van der Waals surface area contributed by atoms with E-state index in [2.05, 4.69) is 15.3 Å². The molecule has 0 aliphatic carbocycles. The molecule has 1 aliphatic rings. The highest BCUT2D eigenvalue weighted by atomic mass is 19.3. The van der Waals surface area contributed by atoms with E-state index < -0.39 is 18.0 Å². The molecule has 3 aromatic rings. The summed E-state index contributed by atoms with van der Waals surface area (Å²) in [6.45, 7) is 1.07. The molecule has 29 heavy (non-hydrogen) atoms. The van der Waals surface area contributed by atoms with E-state index in [1.54, 1.807) is 22.9 Å². The number of anilines is 1. The first-order valence-corrected chi connectivity index (χ1v) is 8.93.